The lowest BCUT2D eigenvalue weighted by atomic mass is 10.2. The number of benzene rings is 1. The van der Waals surface area contributed by atoms with Crippen LogP contribution in [-0.4, -0.2) is 18.5 Å². The number of hydrogen-bond donors (Lipinski definition) is 1. The highest BCUT2D eigenvalue weighted by Gasteiger charge is 2.10. The largest absolute Gasteiger partial charge is 0.455 e. The standard InChI is InChI=1S/C13H16FNO3/c1-9(2)13(17)18-8-12(16)15-7-10-3-5-11(14)6-4-10/h3-6,9H,7-8H2,1-2H3,(H,15,16). The van der Waals surface area contributed by atoms with Crippen LogP contribution in [0.1, 0.15) is 19.4 Å². The van der Waals surface area contributed by atoms with Crippen LogP contribution in [0.3, 0.4) is 0 Å². The predicted molar refractivity (Wildman–Crippen MR) is 64.0 cm³/mol. The monoisotopic (exact) mass is 253 g/mol. The van der Waals surface area contributed by atoms with E-state index in [1.54, 1.807) is 26.0 Å². The van der Waals surface area contributed by atoms with Gasteiger partial charge in [-0.2, -0.15) is 0 Å². The molecule has 0 heterocycles. The molecule has 0 atom stereocenters. The molecule has 18 heavy (non-hydrogen) atoms. The SMILES string of the molecule is CC(C)C(=O)OCC(=O)NCc1ccc(F)cc1. The normalized spacial score (nSPS) is 10.2. The number of ether oxygens (including phenoxy) is 1. The Morgan fingerprint density at radius 1 is 1.28 bits per heavy atom. The fraction of sp³-hybridized carbons (Fsp3) is 0.385. The first-order valence-electron chi connectivity index (χ1n) is 5.67. The lowest BCUT2D eigenvalue weighted by Gasteiger charge is -2.08. The lowest BCUT2D eigenvalue weighted by molar-refractivity contribution is -0.151. The molecular weight excluding hydrogens is 237 g/mol. The zero-order valence-corrected chi connectivity index (χ0v) is 10.4. The summed E-state index contributed by atoms with van der Waals surface area (Å²) in [4.78, 5) is 22.5. The number of amides is 1. The molecule has 0 spiro atoms. The molecule has 0 radical (unpaired) electrons. The van der Waals surface area contributed by atoms with Crippen LogP contribution in [0.15, 0.2) is 24.3 Å². The summed E-state index contributed by atoms with van der Waals surface area (Å²) in [6.07, 6.45) is 0. The maximum atomic E-state index is 12.6. The number of esters is 1. The highest BCUT2D eigenvalue weighted by molar-refractivity contribution is 5.80. The molecule has 0 saturated heterocycles. The van der Waals surface area contributed by atoms with Gasteiger partial charge in [0.2, 0.25) is 0 Å². The topological polar surface area (TPSA) is 55.4 Å². The molecule has 0 unspecified atom stereocenters. The Kier molecular flexibility index (Phi) is 5.30. The van der Waals surface area contributed by atoms with E-state index >= 15 is 0 Å². The van der Waals surface area contributed by atoms with E-state index in [-0.39, 0.29) is 30.8 Å². The summed E-state index contributed by atoms with van der Waals surface area (Å²) in [6, 6.07) is 5.80. The molecule has 5 heteroatoms. The zero-order chi connectivity index (χ0) is 13.5. The Morgan fingerprint density at radius 3 is 2.44 bits per heavy atom. The minimum Gasteiger partial charge on any atom is -0.455 e. The van der Waals surface area contributed by atoms with E-state index in [2.05, 4.69) is 5.32 Å². The Balaban J connectivity index is 2.29. The fourth-order valence-corrected chi connectivity index (χ4v) is 1.16. The first-order chi connectivity index (χ1) is 8.49. The van der Waals surface area contributed by atoms with Gasteiger partial charge >= 0.3 is 5.97 Å². The number of carbonyl (C=O) groups is 2. The van der Waals surface area contributed by atoms with Crippen LogP contribution in [0.5, 0.6) is 0 Å². The highest BCUT2D eigenvalue weighted by atomic mass is 19.1. The van der Waals surface area contributed by atoms with Gasteiger partial charge in [-0.1, -0.05) is 26.0 Å². The molecule has 98 valence electrons. The van der Waals surface area contributed by atoms with Crippen molar-refractivity contribution in [3.8, 4) is 0 Å². The minimum absolute atomic E-state index is 0.255. The van der Waals surface area contributed by atoms with E-state index < -0.39 is 5.97 Å². The summed E-state index contributed by atoms with van der Waals surface area (Å²) >= 11 is 0. The Labute approximate surface area is 105 Å². The van der Waals surface area contributed by atoms with Crippen molar-refractivity contribution in [2.45, 2.75) is 20.4 Å². The van der Waals surface area contributed by atoms with Gasteiger partial charge in [0.05, 0.1) is 5.92 Å². The molecule has 0 saturated carbocycles. The molecule has 1 aromatic rings. The van der Waals surface area contributed by atoms with Crippen LogP contribution in [-0.2, 0) is 20.9 Å². The Morgan fingerprint density at radius 2 is 1.89 bits per heavy atom. The van der Waals surface area contributed by atoms with Gasteiger partial charge in [-0.05, 0) is 17.7 Å². The van der Waals surface area contributed by atoms with E-state index in [0.29, 0.717) is 0 Å². The summed E-state index contributed by atoms with van der Waals surface area (Å²) in [6.45, 7) is 3.37. The third kappa shape index (κ3) is 4.95. The summed E-state index contributed by atoms with van der Waals surface area (Å²) < 4.78 is 17.4. The molecule has 1 amide bonds. The molecule has 0 fully saturated rings. The molecule has 0 bridgehead atoms. The van der Waals surface area contributed by atoms with Gasteiger partial charge in [0.25, 0.3) is 5.91 Å². The van der Waals surface area contributed by atoms with Crippen molar-refractivity contribution in [2.24, 2.45) is 5.92 Å². The van der Waals surface area contributed by atoms with Crippen LogP contribution < -0.4 is 5.32 Å². The van der Waals surface area contributed by atoms with Crippen molar-refractivity contribution in [1.29, 1.82) is 0 Å². The smallest absolute Gasteiger partial charge is 0.308 e. The number of rotatable bonds is 5. The van der Waals surface area contributed by atoms with Gasteiger partial charge in [-0.3, -0.25) is 9.59 Å². The third-order valence-electron chi connectivity index (χ3n) is 2.22. The second-order valence-electron chi connectivity index (χ2n) is 4.17. The third-order valence-corrected chi connectivity index (χ3v) is 2.22. The van der Waals surface area contributed by atoms with Crippen LogP contribution in [0.2, 0.25) is 0 Å². The Bertz CT molecular complexity index is 415. The number of hydrogen-bond acceptors (Lipinski definition) is 3. The van der Waals surface area contributed by atoms with Gasteiger partial charge in [0.1, 0.15) is 5.82 Å². The van der Waals surface area contributed by atoms with Crippen molar-refractivity contribution in [2.75, 3.05) is 6.61 Å². The molecule has 0 aliphatic carbocycles. The minimum atomic E-state index is -0.410. The van der Waals surface area contributed by atoms with E-state index in [9.17, 15) is 14.0 Å². The van der Waals surface area contributed by atoms with Crippen molar-refractivity contribution in [1.82, 2.24) is 5.32 Å². The number of nitrogens with one attached hydrogen (secondary N) is 1. The van der Waals surface area contributed by atoms with E-state index in [4.69, 9.17) is 4.74 Å². The zero-order valence-electron chi connectivity index (χ0n) is 10.4. The predicted octanol–water partition coefficient (Wildman–Crippen LogP) is 1.64. The van der Waals surface area contributed by atoms with Crippen LogP contribution in [0.25, 0.3) is 0 Å². The lowest BCUT2D eigenvalue weighted by Crippen LogP contribution is -2.29. The maximum Gasteiger partial charge on any atom is 0.308 e. The number of halogens is 1. The Hall–Kier alpha value is -1.91. The van der Waals surface area contributed by atoms with E-state index in [1.165, 1.54) is 12.1 Å². The average molecular weight is 253 g/mol. The fourth-order valence-electron chi connectivity index (χ4n) is 1.16. The summed E-state index contributed by atoms with van der Waals surface area (Å²) in [5.74, 6) is -1.37. The van der Waals surface area contributed by atoms with Crippen molar-refractivity contribution in [3.05, 3.63) is 35.6 Å². The summed E-state index contributed by atoms with van der Waals surface area (Å²) in [5.41, 5.74) is 0.778. The maximum absolute atomic E-state index is 12.6. The van der Waals surface area contributed by atoms with Crippen LogP contribution >= 0.6 is 0 Å². The molecule has 0 aromatic heterocycles. The molecule has 1 aromatic carbocycles. The molecule has 0 aliphatic rings. The molecule has 0 aliphatic heterocycles. The van der Waals surface area contributed by atoms with Gasteiger partial charge in [-0.15, -0.1) is 0 Å². The number of carbonyl (C=O) groups excluding carboxylic acids is 2. The average Bonchev–Trinajstić information content (AvgIpc) is 2.35. The summed E-state index contributed by atoms with van der Waals surface area (Å²) in [7, 11) is 0. The van der Waals surface area contributed by atoms with Gasteiger partial charge in [0.15, 0.2) is 6.61 Å². The second kappa shape index (κ2) is 6.74. The first-order valence-corrected chi connectivity index (χ1v) is 5.67. The van der Waals surface area contributed by atoms with Crippen molar-refractivity contribution < 1.29 is 18.7 Å². The molecule has 1 rings (SSSR count). The van der Waals surface area contributed by atoms with Crippen molar-refractivity contribution >= 4 is 11.9 Å². The quantitative estimate of drug-likeness (QED) is 0.812. The van der Waals surface area contributed by atoms with E-state index in [0.717, 1.165) is 5.56 Å². The summed E-state index contributed by atoms with van der Waals surface area (Å²) in [5, 5.41) is 2.57. The van der Waals surface area contributed by atoms with Crippen LogP contribution in [0.4, 0.5) is 4.39 Å². The van der Waals surface area contributed by atoms with Gasteiger partial charge in [-0.25, -0.2) is 4.39 Å². The molecular formula is C13H16FNO3. The molecule has 4 nitrogen and oxygen atoms in total. The van der Waals surface area contributed by atoms with Crippen molar-refractivity contribution in [3.63, 3.8) is 0 Å². The molecule has 1 N–H and O–H groups in total. The van der Waals surface area contributed by atoms with Gasteiger partial charge < -0.3 is 10.1 Å². The van der Waals surface area contributed by atoms with Gasteiger partial charge in [0, 0.05) is 6.54 Å². The first kappa shape index (κ1) is 14.2. The second-order valence-corrected chi connectivity index (χ2v) is 4.17. The van der Waals surface area contributed by atoms with Crippen LogP contribution in [0, 0.1) is 11.7 Å². The highest BCUT2D eigenvalue weighted by Crippen LogP contribution is 2.02. The van der Waals surface area contributed by atoms with E-state index in [1.807, 2.05) is 0 Å².